The highest BCUT2D eigenvalue weighted by Gasteiger charge is 2.35. The van der Waals surface area contributed by atoms with E-state index >= 15 is 0 Å². The van der Waals surface area contributed by atoms with Gasteiger partial charge in [-0.2, -0.15) is 0 Å². The number of ether oxygens (including phenoxy) is 2. The Balaban J connectivity index is 1.50. The molecule has 0 heterocycles. The molecule has 4 atom stereocenters. The normalized spacial score (nSPS) is 28.4. The summed E-state index contributed by atoms with van der Waals surface area (Å²) in [7, 11) is 0. The maximum Gasteiger partial charge on any atom is 0.330 e. The second-order valence-corrected chi connectivity index (χ2v) is 7.52. The van der Waals surface area contributed by atoms with E-state index in [0.29, 0.717) is 18.6 Å². The molecule has 0 amide bonds. The Morgan fingerprint density at radius 2 is 1.76 bits per heavy atom. The minimum atomic E-state index is -0.324. The van der Waals surface area contributed by atoms with Crippen LogP contribution in [0.15, 0.2) is 12.7 Å². The molecule has 2 fully saturated rings. The van der Waals surface area contributed by atoms with Crippen LogP contribution >= 0.6 is 0 Å². The lowest BCUT2D eigenvalue weighted by Crippen LogP contribution is -2.34. The quantitative estimate of drug-likeness (QED) is 0.258. The molecule has 0 aromatic carbocycles. The van der Waals surface area contributed by atoms with Crippen LogP contribution < -0.4 is 0 Å². The molecule has 0 radical (unpaired) electrons. The van der Waals surface area contributed by atoms with E-state index in [1.165, 1.54) is 44.6 Å². The monoisotopic (exact) mass is 346 g/mol. The van der Waals surface area contributed by atoms with Crippen molar-refractivity contribution in [1.29, 1.82) is 0 Å². The molecule has 2 rings (SSSR count). The Morgan fingerprint density at radius 3 is 2.52 bits per heavy atom. The van der Waals surface area contributed by atoms with Crippen LogP contribution in [0.2, 0.25) is 0 Å². The zero-order valence-corrected chi connectivity index (χ0v) is 15.8. The highest BCUT2D eigenvalue weighted by Crippen LogP contribution is 2.43. The van der Waals surface area contributed by atoms with Gasteiger partial charge < -0.3 is 9.47 Å². The Hall–Kier alpha value is -1.27. The topological polar surface area (TPSA) is 35.5 Å². The van der Waals surface area contributed by atoms with Crippen molar-refractivity contribution in [3.8, 4) is 11.8 Å². The first-order chi connectivity index (χ1) is 12.2. The second-order valence-electron chi connectivity index (χ2n) is 7.52. The summed E-state index contributed by atoms with van der Waals surface area (Å²) in [6, 6.07) is 0. The van der Waals surface area contributed by atoms with Crippen molar-refractivity contribution in [2.45, 2.75) is 77.2 Å². The average molecular weight is 347 g/mol. The minimum Gasteiger partial charge on any atom is -0.463 e. The molecule has 3 nitrogen and oxygen atoms in total. The summed E-state index contributed by atoms with van der Waals surface area (Å²) in [5, 5.41) is 0. The van der Waals surface area contributed by atoms with Crippen molar-refractivity contribution in [2.75, 3.05) is 13.2 Å². The molecule has 0 aromatic heterocycles. The maximum atomic E-state index is 10.9. The number of carbonyl (C=O) groups is 1. The SMILES string of the molecule is C=CC(=O)OCCCCCCOC1CCC2CC(C#CC)CCC2C1. The lowest BCUT2D eigenvalue weighted by molar-refractivity contribution is -0.137. The van der Waals surface area contributed by atoms with Gasteiger partial charge in [0.05, 0.1) is 12.7 Å². The zero-order valence-electron chi connectivity index (χ0n) is 15.8. The lowest BCUT2D eigenvalue weighted by atomic mass is 9.67. The van der Waals surface area contributed by atoms with Crippen molar-refractivity contribution in [1.82, 2.24) is 0 Å². The molecular formula is C22H34O3. The highest BCUT2D eigenvalue weighted by atomic mass is 16.5. The maximum absolute atomic E-state index is 10.9. The summed E-state index contributed by atoms with van der Waals surface area (Å²) in [6.45, 7) is 6.72. The van der Waals surface area contributed by atoms with Crippen LogP contribution in [0.3, 0.4) is 0 Å². The number of fused-ring (bicyclic) bond motifs is 1. The third-order valence-electron chi connectivity index (χ3n) is 5.72. The average Bonchev–Trinajstić information content (AvgIpc) is 2.63. The van der Waals surface area contributed by atoms with Gasteiger partial charge in [-0.05, 0) is 76.5 Å². The van der Waals surface area contributed by atoms with Gasteiger partial charge in [0, 0.05) is 18.6 Å². The summed E-state index contributed by atoms with van der Waals surface area (Å²) in [4.78, 5) is 10.9. The standard InChI is InChI=1S/C22H34O3/c1-3-9-18-10-11-20-17-21(13-12-19(20)16-18)24-14-7-5-6-8-15-25-22(23)4-2/h4,18-21H,2,5-8,10-17H2,1H3. The van der Waals surface area contributed by atoms with Gasteiger partial charge in [-0.15, -0.1) is 11.8 Å². The Morgan fingerprint density at radius 1 is 1.04 bits per heavy atom. The van der Waals surface area contributed by atoms with E-state index in [9.17, 15) is 4.79 Å². The molecule has 3 heteroatoms. The summed E-state index contributed by atoms with van der Waals surface area (Å²) in [6.07, 6.45) is 13.7. The fourth-order valence-corrected chi connectivity index (χ4v) is 4.37. The van der Waals surface area contributed by atoms with Crippen LogP contribution in [0.4, 0.5) is 0 Å². The molecule has 0 bridgehead atoms. The van der Waals surface area contributed by atoms with E-state index in [1.54, 1.807) is 0 Å². The van der Waals surface area contributed by atoms with E-state index in [-0.39, 0.29) is 5.97 Å². The summed E-state index contributed by atoms with van der Waals surface area (Å²) in [5.74, 6) is 8.57. The van der Waals surface area contributed by atoms with Crippen LogP contribution in [0.25, 0.3) is 0 Å². The summed E-state index contributed by atoms with van der Waals surface area (Å²) in [5.41, 5.74) is 0. The number of hydrogen-bond acceptors (Lipinski definition) is 3. The zero-order chi connectivity index (χ0) is 17.9. The number of esters is 1. The molecular weight excluding hydrogens is 312 g/mol. The van der Waals surface area contributed by atoms with Crippen LogP contribution in [0.5, 0.6) is 0 Å². The largest absolute Gasteiger partial charge is 0.463 e. The van der Waals surface area contributed by atoms with Gasteiger partial charge in [-0.25, -0.2) is 4.79 Å². The number of hydrogen-bond donors (Lipinski definition) is 0. The molecule has 140 valence electrons. The molecule has 2 aliphatic carbocycles. The number of carbonyl (C=O) groups excluding carboxylic acids is 1. The van der Waals surface area contributed by atoms with Crippen LogP contribution in [-0.4, -0.2) is 25.3 Å². The van der Waals surface area contributed by atoms with Gasteiger partial charge in [0.1, 0.15) is 0 Å². The molecule has 2 aliphatic rings. The van der Waals surface area contributed by atoms with E-state index in [0.717, 1.165) is 44.1 Å². The minimum absolute atomic E-state index is 0.324. The van der Waals surface area contributed by atoms with Gasteiger partial charge in [0.25, 0.3) is 0 Å². The number of unbranched alkanes of at least 4 members (excludes halogenated alkanes) is 3. The molecule has 0 saturated heterocycles. The molecule has 0 spiro atoms. The third-order valence-corrected chi connectivity index (χ3v) is 5.72. The predicted octanol–water partition coefficient (Wildman–Crippen LogP) is 4.90. The Labute approximate surface area is 153 Å². The van der Waals surface area contributed by atoms with Crippen molar-refractivity contribution in [3.63, 3.8) is 0 Å². The first kappa shape index (κ1) is 20.0. The Bertz CT molecular complexity index is 473. The third kappa shape index (κ3) is 7.24. The van der Waals surface area contributed by atoms with Gasteiger partial charge in [-0.1, -0.05) is 13.0 Å². The predicted molar refractivity (Wildman–Crippen MR) is 101 cm³/mol. The molecule has 2 saturated carbocycles. The second kappa shape index (κ2) is 11.4. The van der Waals surface area contributed by atoms with Crippen molar-refractivity contribution < 1.29 is 14.3 Å². The van der Waals surface area contributed by atoms with Gasteiger partial charge in [0.15, 0.2) is 0 Å². The summed E-state index contributed by atoms with van der Waals surface area (Å²) >= 11 is 0. The summed E-state index contributed by atoms with van der Waals surface area (Å²) < 4.78 is 11.1. The van der Waals surface area contributed by atoms with Crippen molar-refractivity contribution in [3.05, 3.63) is 12.7 Å². The van der Waals surface area contributed by atoms with E-state index in [4.69, 9.17) is 9.47 Å². The van der Waals surface area contributed by atoms with Crippen molar-refractivity contribution >= 4 is 5.97 Å². The molecule has 4 unspecified atom stereocenters. The first-order valence-electron chi connectivity index (χ1n) is 10.1. The fourth-order valence-electron chi connectivity index (χ4n) is 4.37. The molecule has 0 N–H and O–H groups in total. The highest BCUT2D eigenvalue weighted by molar-refractivity contribution is 5.81. The van der Waals surface area contributed by atoms with E-state index in [1.807, 2.05) is 6.92 Å². The van der Waals surface area contributed by atoms with E-state index in [2.05, 4.69) is 18.4 Å². The fraction of sp³-hybridized carbons (Fsp3) is 0.773. The first-order valence-corrected chi connectivity index (χ1v) is 10.1. The van der Waals surface area contributed by atoms with Gasteiger partial charge >= 0.3 is 5.97 Å². The molecule has 25 heavy (non-hydrogen) atoms. The van der Waals surface area contributed by atoms with Crippen LogP contribution in [-0.2, 0) is 14.3 Å². The van der Waals surface area contributed by atoms with Gasteiger partial charge in [-0.3, -0.25) is 0 Å². The Kier molecular flexibility index (Phi) is 9.11. The van der Waals surface area contributed by atoms with Gasteiger partial charge in [0.2, 0.25) is 0 Å². The van der Waals surface area contributed by atoms with Crippen molar-refractivity contribution in [2.24, 2.45) is 17.8 Å². The van der Waals surface area contributed by atoms with E-state index < -0.39 is 0 Å². The molecule has 0 aromatic rings. The lowest BCUT2D eigenvalue weighted by Gasteiger charge is -2.41. The molecule has 0 aliphatic heterocycles. The van der Waals surface area contributed by atoms with Crippen LogP contribution in [0, 0.1) is 29.6 Å². The van der Waals surface area contributed by atoms with Crippen LogP contribution in [0.1, 0.15) is 71.1 Å². The smallest absolute Gasteiger partial charge is 0.330 e. The number of rotatable bonds is 9.